The van der Waals surface area contributed by atoms with Gasteiger partial charge in [-0.3, -0.25) is 0 Å². The van der Waals surface area contributed by atoms with Gasteiger partial charge >= 0.3 is 0 Å². The van der Waals surface area contributed by atoms with Crippen LogP contribution in [0.1, 0.15) is 5.56 Å². The van der Waals surface area contributed by atoms with Crippen LogP contribution >= 0.6 is 22.3 Å². The van der Waals surface area contributed by atoms with Gasteiger partial charge in [-0.1, -0.05) is 11.6 Å². The second-order valence-electron chi connectivity index (χ2n) is 2.67. The highest BCUT2D eigenvalue weighted by Crippen LogP contribution is 2.30. The van der Waals surface area contributed by atoms with Crippen LogP contribution in [0.5, 0.6) is 5.75 Å². The number of hydrogen-bond acceptors (Lipinski definition) is 3. The Hall–Kier alpha value is -0.450. The molecule has 0 saturated heterocycles. The fourth-order valence-corrected chi connectivity index (χ4v) is 2.03. The maximum Gasteiger partial charge on any atom is 0.261 e. The molecule has 1 rings (SSSR count). The molecule has 0 heterocycles. The van der Waals surface area contributed by atoms with E-state index in [1.165, 1.54) is 19.2 Å². The molecular formula is C8H8Cl2O3S. The van der Waals surface area contributed by atoms with Crippen molar-refractivity contribution in [3.8, 4) is 5.75 Å². The molecule has 0 amide bonds. The summed E-state index contributed by atoms with van der Waals surface area (Å²) in [6.07, 6.45) is 0. The van der Waals surface area contributed by atoms with Gasteiger partial charge in [0.15, 0.2) is 0 Å². The van der Waals surface area contributed by atoms with Gasteiger partial charge in [-0.2, -0.15) is 0 Å². The molecule has 0 unspecified atom stereocenters. The second-order valence-corrected chi connectivity index (χ2v) is 5.64. The number of hydrogen-bond donors (Lipinski definition) is 0. The topological polar surface area (TPSA) is 43.4 Å². The summed E-state index contributed by atoms with van der Waals surface area (Å²) in [4.78, 5) is -0.0633. The van der Waals surface area contributed by atoms with Gasteiger partial charge in [0, 0.05) is 27.3 Å². The van der Waals surface area contributed by atoms with E-state index in [0.29, 0.717) is 16.3 Å². The Morgan fingerprint density at radius 2 is 1.93 bits per heavy atom. The van der Waals surface area contributed by atoms with Crippen LogP contribution in [-0.4, -0.2) is 15.5 Å². The van der Waals surface area contributed by atoms with E-state index in [-0.39, 0.29) is 4.90 Å². The summed E-state index contributed by atoms with van der Waals surface area (Å²) in [7, 11) is 2.84. The van der Waals surface area contributed by atoms with Crippen LogP contribution in [-0.2, 0) is 9.05 Å². The molecule has 0 fully saturated rings. The molecule has 0 saturated carbocycles. The standard InChI is InChI=1S/C8H8Cl2O3S/c1-5-7(9)3-6(14(10,11)12)4-8(5)13-2/h3-4H,1-2H3. The van der Waals surface area contributed by atoms with E-state index in [0.717, 1.165) is 0 Å². The summed E-state index contributed by atoms with van der Waals surface area (Å²) in [6, 6.07) is 2.63. The van der Waals surface area contributed by atoms with Crippen LogP contribution in [0, 0.1) is 6.92 Å². The monoisotopic (exact) mass is 254 g/mol. The van der Waals surface area contributed by atoms with Crippen molar-refractivity contribution >= 4 is 31.3 Å². The number of rotatable bonds is 2. The Bertz CT molecular complexity index is 454. The molecule has 0 aliphatic carbocycles. The molecule has 0 spiro atoms. The smallest absolute Gasteiger partial charge is 0.261 e. The van der Waals surface area contributed by atoms with Crippen LogP contribution in [0.4, 0.5) is 0 Å². The lowest BCUT2D eigenvalue weighted by molar-refractivity contribution is 0.410. The lowest BCUT2D eigenvalue weighted by Gasteiger charge is -2.07. The van der Waals surface area contributed by atoms with E-state index in [1.54, 1.807) is 6.92 Å². The molecule has 0 N–H and O–H groups in total. The Balaban J connectivity index is 3.46. The van der Waals surface area contributed by atoms with Crippen LogP contribution < -0.4 is 4.74 Å². The van der Waals surface area contributed by atoms with Crippen molar-refractivity contribution in [1.82, 2.24) is 0 Å². The van der Waals surface area contributed by atoms with Gasteiger partial charge in [-0.15, -0.1) is 0 Å². The quantitative estimate of drug-likeness (QED) is 0.763. The van der Waals surface area contributed by atoms with Gasteiger partial charge in [0.2, 0.25) is 0 Å². The molecule has 3 nitrogen and oxygen atoms in total. The van der Waals surface area contributed by atoms with Crippen molar-refractivity contribution in [3.63, 3.8) is 0 Å². The van der Waals surface area contributed by atoms with E-state index >= 15 is 0 Å². The predicted octanol–water partition coefficient (Wildman–Crippen LogP) is 2.58. The summed E-state index contributed by atoms with van der Waals surface area (Å²) in [5, 5.41) is 0.309. The third-order valence-corrected chi connectivity index (χ3v) is 3.50. The summed E-state index contributed by atoms with van der Waals surface area (Å²) >= 11 is 5.80. The minimum absolute atomic E-state index is 0.0633. The van der Waals surface area contributed by atoms with Gasteiger partial charge in [0.1, 0.15) is 5.75 Å². The number of methoxy groups -OCH3 is 1. The molecule has 0 aliphatic heterocycles. The first-order valence-electron chi connectivity index (χ1n) is 3.65. The lowest BCUT2D eigenvalue weighted by Crippen LogP contribution is -1.95. The van der Waals surface area contributed by atoms with Crippen molar-refractivity contribution in [2.24, 2.45) is 0 Å². The predicted molar refractivity (Wildman–Crippen MR) is 55.8 cm³/mol. The number of halogens is 2. The second kappa shape index (κ2) is 3.96. The first kappa shape index (κ1) is 11.6. The average Bonchev–Trinajstić information content (AvgIpc) is 2.07. The van der Waals surface area contributed by atoms with Crippen LogP contribution in [0.2, 0.25) is 5.02 Å². The van der Waals surface area contributed by atoms with Crippen molar-refractivity contribution in [2.45, 2.75) is 11.8 Å². The summed E-state index contributed by atoms with van der Waals surface area (Å²) in [5.74, 6) is 0.400. The largest absolute Gasteiger partial charge is 0.496 e. The van der Waals surface area contributed by atoms with E-state index in [9.17, 15) is 8.42 Å². The maximum atomic E-state index is 11.0. The fourth-order valence-electron chi connectivity index (χ4n) is 0.983. The highest BCUT2D eigenvalue weighted by Gasteiger charge is 2.14. The molecule has 78 valence electrons. The molecule has 0 bridgehead atoms. The minimum atomic E-state index is -3.77. The highest BCUT2D eigenvalue weighted by molar-refractivity contribution is 8.13. The van der Waals surface area contributed by atoms with Crippen LogP contribution in [0.3, 0.4) is 0 Å². The molecule has 1 aromatic carbocycles. The molecule has 0 radical (unpaired) electrons. The van der Waals surface area contributed by atoms with E-state index in [1.807, 2.05) is 0 Å². The zero-order chi connectivity index (χ0) is 10.9. The van der Waals surface area contributed by atoms with Crippen LogP contribution in [0.25, 0.3) is 0 Å². The highest BCUT2D eigenvalue weighted by atomic mass is 35.7. The molecule has 14 heavy (non-hydrogen) atoms. The summed E-state index contributed by atoms with van der Waals surface area (Å²) in [5.41, 5.74) is 0.679. The van der Waals surface area contributed by atoms with E-state index < -0.39 is 9.05 Å². The lowest BCUT2D eigenvalue weighted by atomic mass is 10.2. The van der Waals surface area contributed by atoms with E-state index in [4.69, 9.17) is 27.0 Å². The van der Waals surface area contributed by atoms with Crippen molar-refractivity contribution in [3.05, 3.63) is 22.7 Å². The normalized spacial score (nSPS) is 11.4. The Morgan fingerprint density at radius 3 is 2.36 bits per heavy atom. The Morgan fingerprint density at radius 1 is 1.36 bits per heavy atom. The van der Waals surface area contributed by atoms with Crippen molar-refractivity contribution in [1.29, 1.82) is 0 Å². The first-order valence-corrected chi connectivity index (χ1v) is 6.34. The van der Waals surface area contributed by atoms with Gasteiger partial charge < -0.3 is 4.74 Å². The number of benzene rings is 1. The minimum Gasteiger partial charge on any atom is -0.496 e. The molecular weight excluding hydrogens is 247 g/mol. The summed E-state index contributed by atoms with van der Waals surface area (Å²) < 4.78 is 27.0. The molecule has 1 aromatic rings. The molecule has 6 heteroatoms. The first-order chi connectivity index (χ1) is 6.36. The van der Waals surface area contributed by atoms with E-state index in [2.05, 4.69) is 0 Å². The molecule has 0 aliphatic rings. The van der Waals surface area contributed by atoms with Gasteiger partial charge in [-0.05, 0) is 13.0 Å². The van der Waals surface area contributed by atoms with Crippen LogP contribution in [0.15, 0.2) is 17.0 Å². The zero-order valence-corrected chi connectivity index (χ0v) is 9.87. The fraction of sp³-hybridized carbons (Fsp3) is 0.250. The van der Waals surface area contributed by atoms with Crippen molar-refractivity contribution in [2.75, 3.05) is 7.11 Å². The third-order valence-electron chi connectivity index (χ3n) is 1.77. The average molecular weight is 255 g/mol. The maximum absolute atomic E-state index is 11.0. The third kappa shape index (κ3) is 2.32. The zero-order valence-electron chi connectivity index (χ0n) is 7.54. The SMILES string of the molecule is COc1cc(S(=O)(=O)Cl)cc(Cl)c1C. The number of ether oxygens (including phenoxy) is 1. The Kier molecular flexibility index (Phi) is 3.29. The van der Waals surface area contributed by atoms with Crippen molar-refractivity contribution < 1.29 is 13.2 Å². The summed E-state index contributed by atoms with van der Waals surface area (Å²) in [6.45, 7) is 1.73. The Labute approximate surface area is 92.0 Å². The molecule has 0 atom stereocenters. The van der Waals surface area contributed by atoms with Gasteiger partial charge in [0.25, 0.3) is 9.05 Å². The van der Waals surface area contributed by atoms with Gasteiger partial charge in [-0.25, -0.2) is 8.42 Å². The van der Waals surface area contributed by atoms with Gasteiger partial charge in [0.05, 0.1) is 12.0 Å². The molecule has 0 aromatic heterocycles.